The van der Waals surface area contributed by atoms with Crippen LogP contribution in [0, 0.1) is 13.8 Å². The molecule has 1 aliphatic rings. The normalized spacial score (nSPS) is 15.7. The molecule has 3 heteroatoms. The number of hydrogen-bond acceptors (Lipinski definition) is 3. The van der Waals surface area contributed by atoms with Crippen molar-refractivity contribution in [2.75, 3.05) is 31.1 Å². The van der Waals surface area contributed by atoms with E-state index in [4.69, 9.17) is 4.98 Å². The van der Waals surface area contributed by atoms with Gasteiger partial charge in [0.05, 0.1) is 11.2 Å². The summed E-state index contributed by atoms with van der Waals surface area (Å²) in [6.07, 6.45) is 0. The summed E-state index contributed by atoms with van der Waals surface area (Å²) in [5.41, 5.74) is 6.36. The summed E-state index contributed by atoms with van der Waals surface area (Å²) in [6, 6.07) is 19.4. The van der Waals surface area contributed by atoms with Crippen molar-refractivity contribution in [3.8, 4) is 0 Å². The van der Waals surface area contributed by atoms with Gasteiger partial charge in [-0.05, 0) is 37.6 Å². The van der Waals surface area contributed by atoms with Crippen LogP contribution in [0.3, 0.4) is 0 Å². The number of hydrogen-bond donors (Lipinski definition) is 0. The van der Waals surface area contributed by atoms with Crippen LogP contribution in [0.4, 0.5) is 5.69 Å². The summed E-state index contributed by atoms with van der Waals surface area (Å²) in [5, 5.41) is 1.21. The number of rotatable bonds is 3. The second kappa shape index (κ2) is 6.85. The van der Waals surface area contributed by atoms with Gasteiger partial charge < -0.3 is 4.90 Å². The first-order valence-corrected chi connectivity index (χ1v) is 9.08. The molecular formula is C22H25N3. The lowest BCUT2D eigenvalue weighted by atomic mass is 10.1. The molecule has 0 amide bonds. The van der Waals surface area contributed by atoms with E-state index in [1.54, 1.807) is 0 Å². The van der Waals surface area contributed by atoms with Gasteiger partial charge in [0.2, 0.25) is 0 Å². The molecule has 3 aromatic rings. The lowest BCUT2D eigenvalue weighted by Gasteiger charge is -2.36. The summed E-state index contributed by atoms with van der Waals surface area (Å²) in [7, 11) is 0. The number of benzene rings is 2. The quantitative estimate of drug-likeness (QED) is 0.718. The number of nitrogens with zero attached hydrogens (tertiary/aromatic N) is 3. The Hall–Kier alpha value is -2.39. The van der Waals surface area contributed by atoms with Crippen LogP contribution in [-0.2, 0) is 6.54 Å². The summed E-state index contributed by atoms with van der Waals surface area (Å²) in [6.45, 7) is 9.64. The highest BCUT2D eigenvalue weighted by atomic mass is 15.3. The van der Waals surface area contributed by atoms with Crippen LogP contribution >= 0.6 is 0 Å². The summed E-state index contributed by atoms with van der Waals surface area (Å²) >= 11 is 0. The minimum absolute atomic E-state index is 0.936. The van der Waals surface area contributed by atoms with Crippen LogP contribution in [0.25, 0.3) is 10.9 Å². The molecule has 0 atom stereocenters. The van der Waals surface area contributed by atoms with Crippen molar-refractivity contribution in [3.05, 3.63) is 71.4 Å². The summed E-state index contributed by atoms with van der Waals surface area (Å²) < 4.78 is 0. The molecule has 0 unspecified atom stereocenters. The Balaban J connectivity index is 1.41. The largest absolute Gasteiger partial charge is 0.369 e. The van der Waals surface area contributed by atoms with Crippen molar-refractivity contribution in [3.63, 3.8) is 0 Å². The minimum atomic E-state index is 0.936. The van der Waals surface area contributed by atoms with Crippen LogP contribution in [0.2, 0.25) is 0 Å². The van der Waals surface area contributed by atoms with Gasteiger partial charge in [0.1, 0.15) is 0 Å². The molecule has 25 heavy (non-hydrogen) atoms. The fourth-order valence-electron chi connectivity index (χ4n) is 3.73. The van der Waals surface area contributed by atoms with Crippen molar-refractivity contribution >= 4 is 16.6 Å². The van der Waals surface area contributed by atoms with E-state index in [0.29, 0.717) is 0 Å². The first-order valence-electron chi connectivity index (χ1n) is 9.08. The summed E-state index contributed by atoms with van der Waals surface area (Å²) in [5.74, 6) is 0. The number of anilines is 1. The van der Waals surface area contributed by atoms with Gasteiger partial charge in [-0.1, -0.05) is 42.0 Å². The fourth-order valence-corrected chi connectivity index (χ4v) is 3.73. The average molecular weight is 331 g/mol. The third-order valence-corrected chi connectivity index (χ3v) is 5.11. The molecular weight excluding hydrogens is 306 g/mol. The van der Waals surface area contributed by atoms with Crippen LogP contribution in [0.1, 0.15) is 16.8 Å². The Labute approximate surface area is 149 Å². The van der Waals surface area contributed by atoms with E-state index in [9.17, 15) is 0 Å². The van der Waals surface area contributed by atoms with Crippen molar-refractivity contribution < 1.29 is 0 Å². The zero-order valence-electron chi connectivity index (χ0n) is 15.1. The fraction of sp³-hybridized carbons (Fsp3) is 0.318. The van der Waals surface area contributed by atoms with E-state index in [1.165, 1.54) is 27.9 Å². The van der Waals surface area contributed by atoms with Gasteiger partial charge in [-0.3, -0.25) is 9.88 Å². The third kappa shape index (κ3) is 3.52. The topological polar surface area (TPSA) is 19.4 Å². The zero-order valence-corrected chi connectivity index (χ0v) is 15.1. The highest BCUT2D eigenvalue weighted by molar-refractivity contribution is 5.78. The van der Waals surface area contributed by atoms with E-state index < -0.39 is 0 Å². The van der Waals surface area contributed by atoms with Gasteiger partial charge in [-0.25, -0.2) is 0 Å². The average Bonchev–Trinajstić information content (AvgIpc) is 2.63. The van der Waals surface area contributed by atoms with Gasteiger partial charge in [0.15, 0.2) is 0 Å². The second-order valence-corrected chi connectivity index (χ2v) is 7.05. The first-order chi connectivity index (χ1) is 12.2. The summed E-state index contributed by atoms with van der Waals surface area (Å²) in [4.78, 5) is 9.84. The number of piperazine rings is 1. The molecule has 0 bridgehead atoms. The standard InChI is InChI=1S/C22H25N3/c1-17-7-10-22(18(2)15-17)25-13-11-24(12-14-25)16-20-9-8-19-5-3-4-6-21(19)23-20/h3-10,15H,11-14,16H2,1-2H3. The van der Waals surface area contributed by atoms with Crippen LogP contribution < -0.4 is 4.90 Å². The van der Waals surface area contributed by atoms with Crippen LogP contribution in [0.15, 0.2) is 54.6 Å². The van der Waals surface area contributed by atoms with Crippen LogP contribution in [0.5, 0.6) is 0 Å². The monoisotopic (exact) mass is 331 g/mol. The number of aromatic nitrogens is 1. The molecule has 0 N–H and O–H groups in total. The molecule has 0 saturated carbocycles. The Kier molecular flexibility index (Phi) is 4.41. The maximum Gasteiger partial charge on any atom is 0.0705 e. The lowest BCUT2D eigenvalue weighted by molar-refractivity contribution is 0.247. The highest BCUT2D eigenvalue weighted by Gasteiger charge is 2.18. The maximum atomic E-state index is 4.82. The van der Waals surface area contributed by atoms with E-state index in [0.717, 1.165) is 38.2 Å². The second-order valence-electron chi connectivity index (χ2n) is 7.05. The smallest absolute Gasteiger partial charge is 0.0705 e. The number of pyridine rings is 1. The molecule has 1 saturated heterocycles. The SMILES string of the molecule is Cc1ccc(N2CCN(Cc3ccc4ccccc4n3)CC2)c(C)c1. The molecule has 1 aromatic heterocycles. The first kappa shape index (κ1) is 16.1. The van der Waals surface area contributed by atoms with Crippen molar-refractivity contribution in [1.29, 1.82) is 0 Å². The Morgan fingerprint density at radius 1 is 0.880 bits per heavy atom. The van der Waals surface area contributed by atoms with Crippen molar-refractivity contribution in [1.82, 2.24) is 9.88 Å². The van der Waals surface area contributed by atoms with E-state index in [1.807, 2.05) is 0 Å². The van der Waals surface area contributed by atoms with E-state index in [2.05, 4.69) is 78.2 Å². The number of fused-ring (bicyclic) bond motifs is 1. The van der Waals surface area contributed by atoms with Crippen molar-refractivity contribution in [2.45, 2.75) is 20.4 Å². The zero-order chi connectivity index (χ0) is 17.2. The van der Waals surface area contributed by atoms with Crippen LogP contribution in [-0.4, -0.2) is 36.1 Å². The molecule has 0 radical (unpaired) electrons. The molecule has 1 aliphatic heterocycles. The van der Waals surface area contributed by atoms with E-state index in [-0.39, 0.29) is 0 Å². The molecule has 3 nitrogen and oxygen atoms in total. The Morgan fingerprint density at radius 3 is 2.48 bits per heavy atom. The predicted molar refractivity (Wildman–Crippen MR) is 105 cm³/mol. The third-order valence-electron chi connectivity index (χ3n) is 5.11. The molecule has 4 rings (SSSR count). The molecule has 1 fully saturated rings. The molecule has 2 heterocycles. The Bertz CT molecular complexity index is 879. The molecule has 0 spiro atoms. The van der Waals surface area contributed by atoms with Gasteiger partial charge in [0, 0.05) is 43.8 Å². The minimum Gasteiger partial charge on any atom is -0.369 e. The molecule has 0 aliphatic carbocycles. The van der Waals surface area contributed by atoms with E-state index >= 15 is 0 Å². The number of aryl methyl sites for hydroxylation is 2. The molecule has 2 aromatic carbocycles. The van der Waals surface area contributed by atoms with Crippen molar-refractivity contribution in [2.24, 2.45) is 0 Å². The Morgan fingerprint density at radius 2 is 1.68 bits per heavy atom. The number of para-hydroxylation sites is 1. The van der Waals surface area contributed by atoms with Gasteiger partial charge in [-0.2, -0.15) is 0 Å². The highest BCUT2D eigenvalue weighted by Crippen LogP contribution is 2.23. The van der Waals surface area contributed by atoms with Gasteiger partial charge in [-0.15, -0.1) is 0 Å². The maximum absolute atomic E-state index is 4.82. The van der Waals surface area contributed by atoms with Gasteiger partial charge in [0.25, 0.3) is 0 Å². The van der Waals surface area contributed by atoms with Gasteiger partial charge >= 0.3 is 0 Å². The molecule has 128 valence electrons. The lowest BCUT2D eigenvalue weighted by Crippen LogP contribution is -2.46. The predicted octanol–water partition coefficient (Wildman–Crippen LogP) is 4.17.